The molecule has 1 fully saturated rings. The molecule has 2 unspecified atom stereocenters. The third kappa shape index (κ3) is 5.41. The van der Waals surface area contributed by atoms with Crippen LogP contribution in [0.3, 0.4) is 0 Å². The summed E-state index contributed by atoms with van der Waals surface area (Å²) in [6, 6.07) is 0. The van der Waals surface area contributed by atoms with Crippen molar-refractivity contribution in [1.29, 1.82) is 0 Å². The third-order valence-electron chi connectivity index (χ3n) is 3.73. The molecule has 0 spiro atoms. The SMILES string of the molecule is CC(C)CCNC(=O)CCN1C(=O)C(C(C)(C)C)CS1=O. The Morgan fingerprint density at radius 2 is 2.05 bits per heavy atom. The Hall–Kier alpha value is -0.910. The van der Waals surface area contributed by atoms with Crippen molar-refractivity contribution in [2.75, 3.05) is 18.8 Å². The van der Waals surface area contributed by atoms with Crippen LogP contribution in [0.15, 0.2) is 0 Å². The van der Waals surface area contributed by atoms with Gasteiger partial charge in [0.2, 0.25) is 11.8 Å². The van der Waals surface area contributed by atoms with Crippen molar-refractivity contribution in [1.82, 2.24) is 9.62 Å². The molecule has 2 atom stereocenters. The number of nitrogens with one attached hydrogen (secondary N) is 1. The highest BCUT2D eigenvalue weighted by Gasteiger charge is 2.43. The van der Waals surface area contributed by atoms with Gasteiger partial charge < -0.3 is 5.32 Å². The standard InChI is InChI=1S/C15H28N2O3S/c1-11(2)6-8-16-13(18)7-9-17-14(19)12(10-21(17)20)15(3,4)5/h11-12H,6-10H2,1-5H3,(H,16,18). The molecule has 0 saturated carbocycles. The zero-order chi connectivity index (χ0) is 16.2. The largest absolute Gasteiger partial charge is 0.356 e. The van der Waals surface area contributed by atoms with Gasteiger partial charge in [0.15, 0.2) is 0 Å². The van der Waals surface area contributed by atoms with Crippen LogP contribution in [-0.2, 0) is 20.6 Å². The molecule has 0 aromatic carbocycles. The first-order valence-electron chi connectivity index (χ1n) is 7.59. The van der Waals surface area contributed by atoms with Crippen molar-refractivity contribution in [3.63, 3.8) is 0 Å². The second-order valence-corrected chi connectivity index (χ2v) is 8.55. The molecule has 2 amide bonds. The first-order valence-corrected chi connectivity index (χ1v) is 8.87. The van der Waals surface area contributed by atoms with E-state index in [4.69, 9.17) is 0 Å². The van der Waals surface area contributed by atoms with E-state index in [9.17, 15) is 13.8 Å². The number of carbonyl (C=O) groups is 2. The summed E-state index contributed by atoms with van der Waals surface area (Å²) in [6.07, 6.45) is 1.15. The number of hydrogen-bond acceptors (Lipinski definition) is 3. The Labute approximate surface area is 130 Å². The smallest absolute Gasteiger partial charge is 0.238 e. The van der Waals surface area contributed by atoms with Gasteiger partial charge in [-0.25, -0.2) is 4.21 Å². The molecule has 0 bridgehead atoms. The van der Waals surface area contributed by atoms with Crippen molar-refractivity contribution >= 4 is 22.8 Å². The molecule has 1 aliphatic heterocycles. The van der Waals surface area contributed by atoms with Gasteiger partial charge >= 0.3 is 0 Å². The van der Waals surface area contributed by atoms with Crippen molar-refractivity contribution in [2.45, 2.75) is 47.5 Å². The van der Waals surface area contributed by atoms with Crippen molar-refractivity contribution in [3.8, 4) is 0 Å². The number of nitrogens with zero attached hydrogens (tertiary/aromatic N) is 1. The average molecular weight is 316 g/mol. The fourth-order valence-corrected chi connectivity index (χ4v) is 3.93. The fraction of sp³-hybridized carbons (Fsp3) is 0.867. The van der Waals surface area contributed by atoms with E-state index in [1.54, 1.807) is 0 Å². The summed E-state index contributed by atoms with van der Waals surface area (Å²) in [5, 5.41) is 2.83. The topological polar surface area (TPSA) is 66.5 Å². The van der Waals surface area contributed by atoms with Crippen LogP contribution in [0.25, 0.3) is 0 Å². The molecule has 1 saturated heterocycles. The highest BCUT2D eigenvalue weighted by molar-refractivity contribution is 7.83. The van der Waals surface area contributed by atoms with Crippen LogP contribution < -0.4 is 5.32 Å². The lowest BCUT2D eigenvalue weighted by atomic mass is 9.81. The van der Waals surface area contributed by atoms with Gasteiger partial charge in [0.05, 0.1) is 11.7 Å². The summed E-state index contributed by atoms with van der Waals surface area (Å²) < 4.78 is 13.4. The molecule has 0 radical (unpaired) electrons. The van der Waals surface area contributed by atoms with Gasteiger partial charge in [-0.15, -0.1) is 0 Å². The third-order valence-corrected chi connectivity index (χ3v) is 5.20. The Morgan fingerprint density at radius 1 is 1.43 bits per heavy atom. The maximum atomic E-state index is 12.3. The van der Waals surface area contributed by atoms with Crippen LogP contribution in [0.2, 0.25) is 0 Å². The van der Waals surface area contributed by atoms with Crippen LogP contribution in [0.1, 0.15) is 47.5 Å². The molecule has 21 heavy (non-hydrogen) atoms. The second-order valence-electron chi connectivity index (χ2n) is 7.13. The van der Waals surface area contributed by atoms with Crippen LogP contribution in [0.5, 0.6) is 0 Å². The van der Waals surface area contributed by atoms with Crippen molar-refractivity contribution in [3.05, 3.63) is 0 Å². The lowest BCUT2D eigenvalue weighted by Gasteiger charge is -2.24. The predicted molar refractivity (Wildman–Crippen MR) is 84.7 cm³/mol. The van der Waals surface area contributed by atoms with Gasteiger partial charge in [0.25, 0.3) is 0 Å². The Kier molecular flexibility index (Phi) is 6.38. The highest BCUT2D eigenvalue weighted by atomic mass is 32.2. The Bertz CT molecular complexity index is 416. The van der Waals surface area contributed by atoms with E-state index in [0.29, 0.717) is 18.2 Å². The molecular formula is C15H28N2O3S. The summed E-state index contributed by atoms with van der Waals surface area (Å²) in [5.41, 5.74) is -0.193. The van der Waals surface area contributed by atoms with Crippen LogP contribution in [0.4, 0.5) is 0 Å². The molecule has 1 heterocycles. The minimum absolute atomic E-state index is 0.0836. The van der Waals surface area contributed by atoms with Gasteiger partial charge in [0.1, 0.15) is 11.0 Å². The monoisotopic (exact) mass is 316 g/mol. The molecule has 0 aromatic heterocycles. The van der Waals surface area contributed by atoms with Gasteiger partial charge in [-0.05, 0) is 17.8 Å². The summed E-state index contributed by atoms with van der Waals surface area (Å²) in [7, 11) is -1.29. The maximum Gasteiger partial charge on any atom is 0.238 e. The van der Waals surface area contributed by atoms with Gasteiger partial charge in [-0.2, -0.15) is 0 Å². The molecule has 6 heteroatoms. The number of carbonyl (C=O) groups excluding carboxylic acids is 2. The summed E-state index contributed by atoms with van der Waals surface area (Å²) in [4.78, 5) is 24.0. The summed E-state index contributed by atoms with van der Waals surface area (Å²) >= 11 is 0. The minimum atomic E-state index is -1.29. The maximum absolute atomic E-state index is 12.3. The summed E-state index contributed by atoms with van der Waals surface area (Å²) in [6.45, 7) is 11.0. The van der Waals surface area contributed by atoms with E-state index in [-0.39, 0.29) is 36.1 Å². The van der Waals surface area contributed by atoms with Crippen LogP contribution in [0, 0.1) is 17.3 Å². The van der Waals surface area contributed by atoms with Gasteiger partial charge in [-0.1, -0.05) is 34.6 Å². The lowest BCUT2D eigenvalue weighted by molar-refractivity contribution is -0.131. The number of rotatable bonds is 6. The van der Waals surface area contributed by atoms with E-state index in [2.05, 4.69) is 19.2 Å². The molecular weight excluding hydrogens is 288 g/mol. The molecule has 0 aliphatic carbocycles. The average Bonchev–Trinajstić information content (AvgIpc) is 2.62. The normalized spacial score (nSPS) is 23.0. The zero-order valence-electron chi connectivity index (χ0n) is 13.8. The zero-order valence-corrected chi connectivity index (χ0v) is 14.6. The molecule has 0 aromatic rings. The number of hydrogen-bond donors (Lipinski definition) is 1. The van der Waals surface area contributed by atoms with Gasteiger partial charge in [-0.3, -0.25) is 13.9 Å². The fourth-order valence-electron chi connectivity index (χ4n) is 2.20. The minimum Gasteiger partial charge on any atom is -0.356 e. The Morgan fingerprint density at radius 3 is 2.52 bits per heavy atom. The first-order chi connectivity index (χ1) is 9.62. The highest BCUT2D eigenvalue weighted by Crippen LogP contribution is 2.33. The van der Waals surface area contributed by atoms with Crippen LogP contribution in [-0.4, -0.2) is 39.2 Å². The second kappa shape index (κ2) is 7.38. The van der Waals surface area contributed by atoms with Crippen molar-refractivity contribution in [2.24, 2.45) is 17.3 Å². The molecule has 1 rings (SSSR count). The molecule has 5 nitrogen and oxygen atoms in total. The molecule has 122 valence electrons. The lowest BCUT2D eigenvalue weighted by Crippen LogP contribution is -2.36. The van der Waals surface area contributed by atoms with E-state index in [1.165, 1.54) is 4.31 Å². The molecule has 1 N–H and O–H groups in total. The van der Waals surface area contributed by atoms with Crippen LogP contribution >= 0.6 is 0 Å². The summed E-state index contributed by atoms with van der Waals surface area (Å²) in [5.74, 6) is 0.528. The molecule has 1 aliphatic rings. The quantitative estimate of drug-likeness (QED) is 0.811. The van der Waals surface area contributed by atoms with Crippen molar-refractivity contribution < 1.29 is 13.8 Å². The van der Waals surface area contributed by atoms with E-state index in [1.807, 2.05) is 20.8 Å². The van der Waals surface area contributed by atoms with Gasteiger partial charge in [0, 0.05) is 19.5 Å². The number of amides is 2. The predicted octanol–water partition coefficient (Wildman–Crippen LogP) is 1.71. The van der Waals surface area contributed by atoms with E-state index < -0.39 is 11.0 Å². The van der Waals surface area contributed by atoms with E-state index in [0.717, 1.165) is 6.42 Å². The van der Waals surface area contributed by atoms with E-state index >= 15 is 0 Å². The first kappa shape index (κ1) is 18.1. The Balaban J connectivity index is 2.43.